The lowest BCUT2D eigenvalue weighted by atomic mass is 9.35. The van der Waals surface area contributed by atoms with E-state index in [2.05, 4.69) is 11.6 Å². The predicted octanol–water partition coefficient (Wildman–Crippen LogP) is 2.65. The van der Waals surface area contributed by atoms with Gasteiger partial charge in [0.25, 0.3) is 0 Å². The van der Waals surface area contributed by atoms with Gasteiger partial charge in [0.1, 0.15) is 17.6 Å². The minimum Gasteiger partial charge on any atom is -0.460 e. The largest absolute Gasteiger partial charge is 0.460 e. The highest BCUT2D eigenvalue weighted by Gasteiger charge is 2.87. The number of ether oxygens (including phenoxy) is 2. The third-order valence-electron chi connectivity index (χ3n) is 11.1. The van der Waals surface area contributed by atoms with Crippen molar-refractivity contribution in [3.8, 4) is 0 Å². The molecule has 4 bridgehead atoms. The molecule has 38 heavy (non-hydrogen) atoms. The van der Waals surface area contributed by atoms with Crippen LogP contribution >= 0.6 is 0 Å². The topological polar surface area (TPSA) is 129 Å². The van der Waals surface area contributed by atoms with Gasteiger partial charge in [0.05, 0.1) is 19.1 Å². The Labute approximate surface area is 221 Å². The standard InChI is InChI=1S/C30H35NO7/c1-15-17-8-9-20-28-14-37-30(36,25(35)23(28)27(2,3)11-10-21(28)32)29(20,24(15)34)26(17)38-22(33)12-16-13-31-19-7-5-4-6-18(16)19/h4-7,13,17,20-21,23,25-26,31-32,35-36H,1,8-12,14H2,2-3H3/t17-,20-,21-,23+,25-,26+,28+,29-,30+/m0/s1. The number of aliphatic hydroxyl groups is 3. The lowest BCUT2D eigenvalue weighted by Gasteiger charge is -2.74. The van der Waals surface area contributed by atoms with Crippen molar-refractivity contribution in [2.24, 2.45) is 34.0 Å². The Kier molecular flexibility index (Phi) is 4.88. The summed E-state index contributed by atoms with van der Waals surface area (Å²) < 4.78 is 12.2. The summed E-state index contributed by atoms with van der Waals surface area (Å²) in [4.78, 5) is 30.8. The van der Waals surface area contributed by atoms with Crippen LogP contribution in [0.2, 0.25) is 0 Å². The smallest absolute Gasteiger partial charge is 0.310 e. The van der Waals surface area contributed by atoms with Gasteiger partial charge in [0.15, 0.2) is 5.78 Å². The number of fused-ring (bicyclic) bond motifs is 3. The molecule has 8 nitrogen and oxygen atoms in total. The molecule has 2 aliphatic heterocycles. The Hall–Kier alpha value is -2.52. The fourth-order valence-corrected chi connectivity index (χ4v) is 9.65. The van der Waals surface area contributed by atoms with Gasteiger partial charge < -0.3 is 29.8 Å². The van der Waals surface area contributed by atoms with Gasteiger partial charge in [0, 0.05) is 34.4 Å². The van der Waals surface area contributed by atoms with Crippen molar-refractivity contribution >= 4 is 22.7 Å². The number of hydrogen-bond acceptors (Lipinski definition) is 7. The first-order chi connectivity index (χ1) is 18.0. The van der Waals surface area contributed by atoms with Crippen LogP contribution in [-0.4, -0.2) is 62.8 Å². The van der Waals surface area contributed by atoms with Crippen molar-refractivity contribution in [2.75, 3.05) is 6.61 Å². The first-order valence-corrected chi connectivity index (χ1v) is 13.7. The van der Waals surface area contributed by atoms with Crippen LogP contribution in [0.4, 0.5) is 0 Å². The highest BCUT2D eigenvalue weighted by Crippen LogP contribution is 2.76. The predicted molar refractivity (Wildman–Crippen MR) is 137 cm³/mol. The van der Waals surface area contributed by atoms with E-state index in [1.54, 1.807) is 6.20 Å². The number of carbonyl (C=O) groups is 2. The maximum absolute atomic E-state index is 14.2. The van der Waals surface area contributed by atoms with Crippen molar-refractivity contribution in [1.29, 1.82) is 0 Å². The Morgan fingerprint density at radius 1 is 1.21 bits per heavy atom. The number of carbonyl (C=O) groups excluding carboxylic acids is 2. The summed E-state index contributed by atoms with van der Waals surface area (Å²) >= 11 is 0. The number of para-hydroxylation sites is 1. The van der Waals surface area contributed by atoms with Gasteiger partial charge in [-0.1, -0.05) is 38.6 Å². The molecule has 202 valence electrons. The van der Waals surface area contributed by atoms with Crippen LogP contribution in [0.15, 0.2) is 42.6 Å². The Morgan fingerprint density at radius 2 is 1.97 bits per heavy atom. The van der Waals surface area contributed by atoms with Crippen LogP contribution in [0.5, 0.6) is 0 Å². The molecule has 9 atom stereocenters. The van der Waals surface area contributed by atoms with Crippen molar-refractivity contribution < 1.29 is 34.4 Å². The Balaban J connectivity index is 1.33. The van der Waals surface area contributed by atoms with E-state index in [0.717, 1.165) is 16.5 Å². The number of nitrogens with one attached hydrogen (secondary N) is 1. The van der Waals surface area contributed by atoms with Crippen LogP contribution in [-0.2, 0) is 25.5 Å². The highest BCUT2D eigenvalue weighted by atomic mass is 16.6. The van der Waals surface area contributed by atoms with Gasteiger partial charge >= 0.3 is 5.97 Å². The van der Waals surface area contributed by atoms with Gasteiger partial charge in [-0.25, -0.2) is 0 Å². The highest BCUT2D eigenvalue weighted by molar-refractivity contribution is 6.05. The van der Waals surface area contributed by atoms with Crippen molar-refractivity contribution in [1.82, 2.24) is 4.98 Å². The van der Waals surface area contributed by atoms with Crippen molar-refractivity contribution in [3.63, 3.8) is 0 Å². The van der Waals surface area contributed by atoms with Crippen molar-refractivity contribution in [3.05, 3.63) is 48.2 Å². The lowest BCUT2D eigenvalue weighted by Crippen LogP contribution is -2.85. The molecule has 2 saturated heterocycles. The van der Waals surface area contributed by atoms with Crippen LogP contribution in [0.1, 0.15) is 45.1 Å². The quantitative estimate of drug-likeness (QED) is 0.361. The molecule has 4 N–H and O–H groups in total. The molecule has 2 spiro atoms. The summed E-state index contributed by atoms with van der Waals surface area (Å²) in [5.74, 6) is -4.66. The molecule has 8 rings (SSSR count). The molecular weight excluding hydrogens is 486 g/mol. The number of hydrogen-bond donors (Lipinski definition) is 4. The van der Waals surface area contributed by atoms with Gasteiger partial charge in [-0.15, -0.1) is 0 Å². The number of aromatic amines is 1. The first-order valence-electron chi connectivity index (χ1n) is 13.7. The fraction of sp³-hybridized carbons (Fsp3) is 0.600. The van der Waals surface area contributed by atoms with Gasteiger partial charge in [-0.05, 0) is 54.2 Å². The Bertz CT molecular complexity index is 1380. The summed E-state index contributed by atoms with van der Waals surface area (Å²) in [6, 6.07) is 7.67. The number of rotatable bonds is 3. The van der Waals surface area contributed by atoms with Gasteiger partial charge in [-0.3, -0.25) is 9.59 Å². The van der Waals surface area contributed by atoms with Crippen LogP contribution < -0.4 is 0 Å². The molecule has 4 saturated carbocycles. The monoisotopic (exact) mass is 521 g/mol. The number of ketones is 1. The summed E-state index contributed by atoms with van der Waals surface area (Å²) in [5, 5.41) is 36.6. The third-order valence-corrected chi connectivity index (χ3v) is 11.1. The van der Waals surface area contributed by atoms with Gasteiger partial charge in [-0.2, -0.15) is 0 Å². The van der Waals surface area contributed by atoms with Crippen molar-refractivity contribution in [2.45, 2.75) is 70.1 Å². The number of esters is 1. The number of aromatic nitrogens is 1. The zero-order chi connectivity index (χ0) is 26.8. The summed E-state index contributed by atoms with van der Waals surface area (Å²) in [5.41, 5.74) is -1.08. The summed E-state index contributed by atoms with van der Waals surface area (Å²) in [6.07, 6.45) is 0.773. The molecule has 2 aromatic rings. The summed E-state index contributed by atoms with van der Waals surface area (Å²) in [7, 11) is 0. The zero-order valence-corrected chi connectivity index (χ0v) is 21.8. The normalized spacial score (nSPS) is 44.7. The number of benzene rings is 1. The number of H-pyrrole nitrogens is 1. The summed E-state index contributed by atoms with van der Waals surface area (Å²) in [6.45, 7) is 8.21. The molecule has 8 heteroatoms. The minimum absolute atomic E-state index is 0.0140. The SMILES string of the molecule is C=C1C(=O)[C@]23[C@H](OC(=O)Cc4c[nH]c5ccccc45)[C@H]1CC[C@H]2[C@@]12CO[C@]3(O)[C@@H](O)[C@@H]1C(C)(C)CC[C@@H]2O. The van der Waals surface area contributed by atoms with E-state index in [1.807, 2.05) is 38.1 Å². The average molecular weight is 522 g/mol. The van der Waals surface area contributed by atoms with E-state index < -0.39 is 69.9 Å². The van der Waals surface area contributed by atoms with Crippen LogP contribution in [0.25, 0.3) is 10.9 Å². The fourth-order valence-electron chi connectivity index (χ4n) is 9.65. The minimum atomic E-state index is -2.25. The van der Waals surface area contributed by atoms with E-state index in [9.17, 15) is 24.9 Å². The second kappa shape index (κ2) is 7.56. The van der Waals surface area contributed by atoms with Crippen LogP contribution in [0, 0.1) is 34.0 Å². The lowest BCUT2D eigenvalue weighted by molar-refractivity contribution is -0.458. The molecule has 0 amide bonds. The second-order valence-electron chi connectivity index (χ2n) is 13.0. The average Bonchev–Trinajstić information content (AvgIpc) is 3.33. The zero-order valence-electron chi connectivity index (χ0n) is 21.8. The molecule has 4 aliphatic carbocycles. The van der Waals surface area contributed by atoms with E-state index in [0.29, 0.717) is 31.3 Å². The first kappa shape index (κ1) is 24.5. The second-order valence-corrected chi connectivity index (χ2v) is 13.0. The Morgan fingerprint density at radius 3 is 2.76 bits per heavy atom. The maximum Gasteiger partial charge on any atom is 0.310 e. The molecule has 0 unspecified atom stereocenters. The molecule has 0 radical (unpaired) electrons. The van der Waals surface area contributed by atoms with Crippen LogP contribution in [0.3, 0.4) is 0 Å². The molecule has 6 fully saturated rings. The molecule has 3 heterocycles. The molecule has 6 aliphatic rings. The maximum atomic E-state index is 14.2. The van der Waals surface area contributed by atoms with Gasteiger partial charge in [0.2, 0.25) is 5.79 Å². The third kappa shape index (κ3) is 2.60. The molecule has 1 aromatic heterocycles. The molecular formula is C30H35NO7. The van der Waals surface area contributed by atoms with E-state index in [4.69, 9.17) is 9.47 Å². The molecule has 1 aromatic carbocycles. The number of aliphatic hydroxyl groups excluding tert-OH is 2. The van der Waals surface area contributed by atoms with E-state index >= 15 is 0 Å². The van der Waals surface area contributed by atoms with E-state index in [-0.39, 0.29) is 13.0 Å². The van der Waals surface area contributed by atoms with E-state index in [1.165, 1.54) is 0 Å². The number of Topliss-reactive ketones (excluding diaryl/α,β-unsaturated/α-hetero) is 1.